The maximum absolute atomic E-state index is 14.1. The number of hydrogen-bond donors (Lipinski definition) is 0. The summed E-state index contributed by atoms with van der Waals surface area (Å²) < 4.78 is 7.55. The molecule has 4 atom stereocenters. The van der Waals surface area contributed by atoms with Crippen molar-refractivity contribution >= 4 is 16.8 Å². The van der Waals surface area contributed by atoms with Crippen molar-refractivity contribution in [2.75, 3.05) is 33.4 Å². The van der Waals surface area contributed by atoms with E-state index in [1.807, 2.05) is 0 Å². The number of ether oxygens (including phenoxy) is 1. The van der Waals surface area contributed by atoms with E-state index in [-0.39, 0.29) is 11.9 Å². The Balaban J connectivity index is 1.35. The molecule has 4 heterocycles. The number of para-hydroxylation sites is 1. The van der Waals surface area contributed by atoms with Crippen LogP contribution in [0.5, 0.6) is 0 Å². The van der Waals surface area contributed by atoms with Gasteiger partial charge in [0, 0.05) is 43.7 Å². The summed E-state index contributed by atoms with van der Waals surface area (Å²) in [4.78, 5) is 19.1. The Labute approximate surface area is 191 Å². The van der Waals surface area contributed by atoms with Crippen molar-refractivity contribution < 1.29 is 9.53 Å². The highest BCUT2D eigenvalue weighted by atomic mass is 16.5. The largest absolute Gasteiger partial charge is 0.383 e. The normalized spacial score (nSPS) is 30.0. The molecule has 0 unspecified atom stereocenters. The third-order valence-corrected chi connectivity index (χ3v) is 8.47. The maximum Gasteiger partial charge on any atom is 0.271 e. The number of carbonyl (C=O) groups excluding carboxylic acids is 1. The number of amides is 1. The number of aromatic nitrogens is 1. The molecule has 5 heteroatoms. The first kappa shape index (κ1) is 20.5. The zero-order valence-corrected chi connectivity index (χ0v) is 19.2. The highest BCUT2D eigenvalue weighted by molar-refractivity contribution is 5.99. The van der Waals surface area contributed by atoms with Crippen LogP contribution in [-0.2, 0) is 11.3 Å². The first-order valence-electron chi connectivity index (χ1n) is 12.6. The lowest BCUT2D eigenvalue weighted by atomic mass is 9.68. The number of hydrogen-bond acceptors (Lipinski definition) is 3. The van der Waals surface area contributed by atoms with Crippen LogP contribution >= 0.6 is 0 Å². The highest BCUT2D eigenvalue weighted by Crippen LogP contribution is 2.45. The van der Waals surface area contributed by atoms with E-state index < -0.39 is 0 Å². The number of rotatable bonds is 4. The quantitative estimate of drug-likeness (QED) is 0.674. The average molecular weight is 434 g/mol. The molecular weight excluding hydrogens is 398 g/mol. The number of piperidine rings is 3. The van der Waals surface area contributed by atoms with Crippen LogP contribution in [-0.4, -0.2) is 65.7 Å². The SMILES string of the molecule is COCCn1c(C(=O)N2CCCC3=C[C@H]4C[C@H](CN5CCCC[C@H]45)[C@@H]32)cc2ccccc21. The fourth-order valence-electron chi connectivity index (χ4n) is 7.16. The summed E-state index contributed by atoms with van der Waals surface area (Å²) >= 11 is 0. The molecule has 1 aromatic carbocycles. The molecule has 2 bridgehead atoms. The van der Waals surface area contributed by atoms with Crippen LogP contribution in [0.4, 0.5) is 0 Å². The number of carbonyl (C=O) groups is 1. The molecule has 3 fully saturated rings. The van der Waals surface area contributed by atoms with Crippen LogP contribution in [0.1, 0.15) is 49.0 Å². The van der Waals surface area contributed by atoms with Crippen LogP contribution in [0.15, 0.2) is 42.0 Å². The molecule has 1 amide bonds. The van der Waals surface area contributed by atoms with E-state index in [1.54, 1.807) is 12.7 Å². The fourth-order valence-corrected chi connectivity index (χ4v) is 7.16. The van der Waals surface area contributed by atoms with E-state index in [0.29, 0.717) is 25.0 Å². The van der Waals surface area contributed by atoms with Gasteiger partial charge < -0.3 is 14.2 Å². The molecule has 2 aromatic rings. The molecular formula is C27H35N3O2. The van der Waals surface area contributed by atoms with Crippen molar-refractivity contribution in [3.8, 4) is 0 Å². The minimum atomic E-state index is 0.201. The molecule has 0 radical (unpaired) electrons. The summed E-state index contributed by atoms with van der Waals surface area (Å²) in [5.41, 5.74) is 3.49. The predicted octanol–water partition coefficient (Wildman–Crippen LogP) is 4.32. The van der Waals surface area contributed by atoms with Gasteiger partial charge in [0.2, 0.25) is 0 Å². The van der Waals surface area contributed by atoms with Gasteiger partial charge in [-0.15, -0.1) is 0 Å². The van der Waals surface area contributed by atoms with E-state index in [1.165, 1.54) is 45.2 Å². The standard InChI is InChI=1S/C27H35N3O2/c1-32-14-13-29-24-10-3-2-7-19(24)17-25(29)27(31)30-12-6-8-20-15-21-16-22(26(20)30)18-28-11-5-4-9-23(21)28/h2-3,7,10,15,17,21-23,26H,4-6,8-9,11-14,16,18H2,1H3/t21-,22+,23+,26+/m0/s1. The number of nitrogens with zero attached hydrogens (tertiary/aromatic N) is 3. The van der Waals surface area contributed by atoms with Gasteiger partial charge in [-0.3, -0.25) is 9.69 Å². The van der Waals surface area contributed by atoms with Crippen molar-refractivity contribution in [1.29, 1.82) is 0 Å². The second-order valence-corrected chi connectivity index (χ2v) is 10.2. The minimum Gasteiger partial charge on any atom is -0.383 e. The van der Waals surface area contributed by atoms with E-state index >= 15 is 0 Å². The molecule has 5 nitrogen and oxygen atoms in total. The maximum atomic E-state index is 14.1. The van der Waals surface area contributed by atoms with E-state index in [4.69, 9.17) is 4.74 Å². The van der Waals surface area contributed by atoms with Gasteiger partial charge in [0.1, 0.15) is 5.69 Å². The van der Waals surface area contributed by atoms with Crippen molar-refractivity contribution in [2.45, 2.75) is 57.2 Å². The first-order valence-corrected chi connectivity index (χ1v) is 12.6. The van der Waals surface area contributed by atoms with Gasteiger partial charge in [-0.25, -0.2) is 0 Å². The summed E-state index contributed by atoms with van der Waals surface area (Å²) in [6.45, 7) is 4.59. The third kappa shape index (κ3) is 3.32. The second kappa shape index (κ2) is 8.35. The lowest BCUT2D eigenvalue weighted by molar-refractivity contribution is 0.00116. The minimum absolute atomic E-state index is 0.201. The highest BCUT2D eigenvalue weighted by Gasteiger charge is 2.47. The third-order valence-electron chi connectivity index (χ3n) is 8.47. The van der Waals surface area contributed by atoms with Gasteiger partial charge >= 0.3 is 0 Å². The van der Waals surface area contributed by atoms with Crippen LogP contribution < -0.4 is 0 Å². The lowest BCUT2D eigenvalue weighted by Crippen LogP contribution is -2.60. The van der Waals surface area contributed by atoms with Crippen LogP contribution in [0, 0.1) is 11.8 Å². The number of fused-ring (bicyclic) bond motifs is 7. The molecule has 0 saturated carbocycles. The average Bonchev–Trinajstić information content (AvgIpc) is 3.20. The number of likely N-dealkylation sites (tertiary alicyclic amines) is 1. The van der Waals surface area contributed by atoms with Gasteiger partial charge in [-0.2, -0.15) is 0 Å². The van der Waals surface area contributed by atoms with E-state index in [2.05, 4.69) is 50.8 Å². The summed E-state index contributed by atoms with van der Waals surface area (Å²) in [6.07, 6.45) is 10.2. The zero-order valence-electron chi connectivity index (χ0n) is 19.2. The molecule has 6 rings (SSSR count). The van der Waals surface area contributed by atoms with Gasteiger partial charge in [0.05, 0.1) is 12.6 Å². The Morgan fingerprint density at radius 3 is 2.97 bits per heavy atom. The smallest absolute Gasteiger partial charge is 0.271 e. The second-order valence-electron chi connectivity index (χ2n) is 10.2. The molecule has 1 aromatic heterocycles. The Morgan fingerprint density at radius 1 is 1.16 bits per heavy atom. The zero-order chi connectivity index (χ0) is 21.7. The lowest BCUT2D eigenvalue weighted by Gasteiger charge is -2.54. The molecule has 3 aliphatic heterocycles. The molecule has 0 spiro atoms. The van der Waals surface area contributed by atoms with Crippen LogP contribution in [0.25, 0.3) is 10.9 Å². The van der Waals surface area contributed by atoms with Gasteiger partial charge in [0.25, 0.3) is 5.91 Å². The Hall–Kier alpha value is -2.11. The van der Waals surface area contributed by atoms with E-state index in [9.17, 15) is 4.79 Å². The van der Waals surface area contributed by atoms with Gasteiger partial charge in [0.15, 0.2) is 0 Å². The predicted molar refractivity (Wildman–Crippen MR) is 127 cm³/mol. The van der Waals surface area contributed by atoms with Crippen LogP contribution in [0.3, 0.4) is 0 Å². The molecule has 1 aliphatic carbocycles. The van der Waals surface area contributed by atoms with Gasteiger partial charge in [-0.1, -0.05) is 36.3 Å². The van der Waals surface area contributed by atoms with Gasteiger partial charge in [-0.05, 0) is 62.6 Å². The fraction of sp³-hybridized carbons (Fsp3) is 0.593. The molecule has 32 heavy (non-hydrogen) atoms. The van der Waals surface area contributed by atoms with E-state index in [0.717, 1.165) is 35.6 Å². The molecule has 3 saturated heterocycles. The summed E-state index contributed by atoms with van der Waals surface area (Å²) in [6, 6.07) is 11.5. The summed E-state index contributed by atoms with van der Waals surface area (Å²) in [5, 5.41) is 1.14. The Bertz CT molecular complexity index is 1040. The number of methoxy groups -OCH3 is 1. The monoisotopic (exact) mass is 433 g/mol. The van der Waals surface area contributed by atoms with Crippen molar-refractivity contribution in [1.82, 2.24) is 14.4 Å². The Morgan fingerprint density at radius 2 is 2.06 bits per heavy atom. The topological polar surface area (TPSA) is 37.7 Å². The van der Waals surface area contributed by atoms with Crippen molar-refractivity contribution in [3.63, 3.8) is 0 Å². The molecule has 4 aliphatic rings. The first-order chi connectivity index (χ1) is 15.7. The van der Waals surface area contributed by atoms with Crippen molar-refractivity contribution in [3.05, 3.63) is 47.7 Å². The Kier molecular flexibility index (Phi) is 5.34. The summed E-state index contributed by atoms with van der Waals surface area (Å²) in [5.74, 6) is 1.48. The summed E-state index contributed by atoms with van der Waals surface area (Å²) in [7, 11) is 1.73. The van der Waals surface area contributed by atoms with Crippen LogP contribution in [0.2, 0.25) is 0 Å². The van der Waals surface area contributed by atoms with Crippen molar-refractivity contribution in [2.24, 2.45) is 11.8 Å². The number of benzene rings is 1. The molecule has 0 N–H and O–H groups in total. The molecule has 170 valence electrons.